The summed E-state index contributed by atoms with van der Waals surface area (Å²) in [6.07, 6.45) is 8.94. The summed E-state index contributed by atoms with van der Waals surface area (Å²) in [4.78, 5) is 8.89. The molecule has 176 valence electrons. The SMILES string of the molecule is COc1cccc(S(=O)(=O)Nc2cccc(Cc3cn(C4CCCC4)c4ncnc(N)c34)c2)c1. The molecule has 1 aliphatic rings. The third-order valence-corrected chi connectivity index (χ3v) is 7.74. The second kappa shape index (κ2) is 8.98. The van der Waals surface area contributed by atoms with Crippen LogP contribution >= 0.6 is 0 Å². The van der Waals surface area contributed by atoms with Crippen molar-refractivity contribution < 1.29 is 13.2 Å². The molecule has 2 aromatic heterocycles. The number of rotatable bonds is 7. The molecule has 9 heteroatoms. The van der Waals surface area contributed by atoms with Gasteiger partial charge in [0.1, 0.15) is 23.5 Å². The molecule has 0 bridgehead atoms. The monoisotopic (exact) mass is 477 g/mol. The van der Waals surface area contributed by atoms with Gasteiger partial charge >= 0.3 is 0 Å². The van der Waals surface area contributed by atoms with Crippen LogP contribution in [0.15, 0.2) is 66.0 Å². The molecule has 0 unspecified atom stereocenters. The maximum Gasteiger partial charge on any atom is 0.262 e. The number of nitrogens with zero attached hydrogens (tertiary/aromatic N) is 3. The van der Waals surface area contributed by atoms with Gasteiger partial charge in [-0.2, -0.15) is 0 Å². The third kappa shape index (κ3) is 4.31. The molecule has 0 radical (unpaired) electrons. The summed E-state index contributed by atoms with van der Waals surface area (Å²) < 4.78 is 35.9. The molecule has 2 heterocycles. The van der Waals surface area contributed by atoms with Gasteiger partial charge in [0.15, 0.2) is 0 Å². The number of nitrogens with two attached hydrogens (primary N) is 1. The van der Waals surface area contributed by atoms with Crippen molar-refractivity contribution in [2.45, 2.75) is 43.0 Å². The summed E-state index contributed by atoms with van der Waals surface area (Å²) in [5.41, 5.74) is 9.61. The van der Waals surface area contributed by atoms with Crippen molar-refractivity contribution in [2.24, 2.45) is 0 Å². The Morgan fingerprint density at radius 3 is 2.71 bits per heavy atom. The minimum atomic E-state index is -3.76. The Morgan fingerprint density at radius 1 is 1.12 bits per heavy atom. The molecule has 34 heavy (non-hydrogen) atoms. The first-order valence-corrected chi connectivity index (χ1v) is 12.8. The predicted octanol–water partition coefficient (Wildman–Crippen LogP) is 4.53. The van der Waals surface area contributed by atoms with E-state index in [1.165, 1.54) is 38.4 Å². The van der Waals surface area contributed by atoms with E-state index in [4.69, 9.17) is 10.5 Å². The maximum atomic E-state index is 12.9. The molecule has 8 nitrogen and oxygen atoms in total. The van der Waals surface area contributed by atoms with E-state index in [9.17, 15) is 8.42 Å². The van der Waals surface area contributed by atoms with Crippen molar-refractivity contribution in [3.05, 3.63) is 72.2 Å². The molecule has 1 aliphatic carbocycles. The number of ether oxygens (including phenoxy) is 1. The molecule has 0 amide bonds. The largest absolute Gasteiger partial charge is 0.497 e. The zero-order valence-corrected chi connectivity index (χ0v) is 19.8. The zero-order valence-electron chi connectivity index (χ0n) is 18.9. The van der Waals surface area contributed by atoms with E-state index in [-0.39, 0.29) is 4.90 Å². The third-order valence-electron chi connectivity index (χ3n) is 6.36. The first-order chi connectivity index (χ1) is 16.4. The number of hydrogen-bond acceptors (Lipinski definition) is 6. The number of sulfonamides is 1. The van der Waals surface area contributed by atoms with Crippen molar-refractivity contribution >= 4 is 32.6 Å². The molecular weight excluding hydrogens is 450 g/mol. The van der Waals surface area contributed by atoms with Gasteiger partial charge in [-0.1, -0.05) is 31.0 Å². The molecule has 3 N–H and O–H groups in total. The summed E-state index contributed by atoms with van der Waals surface area (Å²) in [5.74, 6) is 0.946. The average molecular weight is 478 g/mol. The lowest BCUT2D eigenvalue weighted by molar-refractivity contribution is 0.413. The van der Waals surface area contributed by atoms with Gasteiger partial charge in [-0.3, -0.25) is 4.72 Å². The minimum absolute atomic E-state index is 0.141. The Balaban J connectivity index is 1.44. The van der Waals surface area contributed by atoms with Gasteiger partial charge in [0.2, 0.25) is 0 Å². The van der Waals surface area contributed by atoms with Crippen LogP contribution in [0, 0.1) is 0 Å². The Morgan fingerprint density at radius 2 is 1.91 bits per heavy atom. The molecular formula is C25H27N5O3S. The van der Waals surface area contributed by atoms with Crippen molar-refractivity contribution in [2.75, 3.05) is 17.6 Å². The fourth-order valence-electron chi connectivity index (χ4n) is 4.73. The smallest absolute Gasteiger partial charge is 0.262 e. The number of nitrogens with one attached hydrogen (secondary N) is 1. The van der Waals surface area contributed by atoms with E-state index < -0.39 is 10.0 Å². The Hall–Kier alpha value is -3.59. The Bertz CT molecular complexity index is 1440. The summed E-state index contributed by atoms with van der Waals surface area (Å²) in [6, 6.07) is 14.2. The number of nitrogen functional groups attached to an aromatic ring is 1. The molecule has 0 saturated heterocycles. The Labute approximate surface area is 198 Å². The van der Waals surface area contributed by atoms with Gasteiger partial charge in [-0.25, -0.2) is 18.4 Å². The average Bonchev–Trinajstić information content (AvgIpc) is 3.48. The van der Waals surface area contributed by atoms with Crippen LogP contribution in [0.5, 0.6) is 5.75 Å². The highest BCUT2D eigenvalue weighted by Crippen LogP contribution is 2.35. The number of aromatic nitrogens is 3. The predicted molar refractivity (Wildman–Crippen MR) is 132 cm³/mol. The fourth-order valence-corrected chi connectivity index (χ4v) is 5.81. The second-order valence-electron chi connectivity index (χ2n) is 8.62. The number of benzene rings is 2. The number of hydrogen-bond donors (Lipinski definition) is 2. The van der Waals surface area contributed by atoms with E-state index in [0.717, 1.165) is 35.0 Å². The van der Waals surface area contributed by atoms with E-state index >= 15 is 0 Å². The van der Waals surface area contributed by atoms with Crippen molar-refractivity contribution in [3.63, 3.8) is 0 Å². The zero-order chi connectivity index (χ0) is 23.7. The van der Waals surface area contributed by atoms with E-state index in [0.29, 0.717) is 29.7 Å². The van der Waals surface area contributed by atoms with Gasteiger partial charge in [0.05, 0.1) is 17.4 Å². The van der Waals surface area contributed by atoms with Crippen LogP contribution < -0.4 is 15.2 Å². The number of methoxy groups -OCH3 is 1. The van der Waals surface area contributed by atoms with Crippen LogP contribution in [-0.2, 0) is 16.4 Å². The Kier molecular flexibility index (Phi) is 5.87. The topological polar surface area (TPSA) is 112 Å². The highest BCUT2D eigenvalue weighted by molar-refractivity contribution is 7.92. The summed E-state index contributed by atoms with van der Waals surface area (Å²) in [6.45, 7) is 0. The maximum absolute atomic E-state index is 12.9. The molecule has 1 saturated carbocycles. The second-order valence-corrected chi connectivity index (χ2v) is 10.3. The first kappa shape index (κ1) is 22.2. The molecule has 0 aliphatic heterocycles. The molecule has 4 aromatic rings. The van der Waals surface area contributed by atoms with Gasteiger partial charge in [-0.05, 0) is 54.7 Å². The highest BCUT2D eigenvalue weighted by Gasteiger charge is 2.22. The van der Waals surface area contributed by atoms with Crippen molar-refractivity contribution in [1.82, 2.24) is 14.5 Å². The van der Waals surface area contributed by atoms with Crippen molar-refractivity contribution in [3.8, 4) is 5.75 Å². The van der Waals surface area contributed by atoms with Gasteiger partial charge in [0, 0.05) is 24.0 Å². The highest BCUT2D eigenvalue weighted by atomic mass is 32.2. The van der Waals surface area contributed by atoms with Crippen molar-refractivity contribution in [1.29, 1.82) is 0 Å². The van der Waals surface area contributed by atoms with Crippen LogP contribution in [0.4, 0.5) is 11.5 Å². The van der Waals surface area contributed by atoms with Crippen LogP contribution in [-0.4, -0.2) is 30.1 Å². The standard InChI is InChI=1S/C25H27N5O3S/c1-33-21-10-5-11-22(14-21)34(31,32)29-19-7-4-6-17(13-19)12-18-15-30(20-8-2-3-9-20)25-23(18)24(26)27-16-28-25/h4-7,10-11,13-16,20,29H,2-3,8-9,12H2,1H3,(H2,26,27,28). The van der Waals surface area contributed by atoms with E-state index in [1.807, 2.05) is 18.2 Å². The number of fused-ring (bicyclic) bond motifs is 1. The lowest BCUT2D eigenvalue weighted by Crippen LogP contribution is -2.13. The van der Waals surface area contributed by atoms with Gasteiger partial charge < -0.3 is 15.0 Å². The lowest BCUT2D eigenvalue weighted by atomic mass is 10.0. The van der Waals surface area contributed by atoms with Crippen LogP contribution in [0.25, 0.3) is 11.0 Å². The van der Waals surface area contributed by atoms with Crippen LogP contribution in [0.2, 0.25) is 0 Å². The summed E-state index contributed by atoms with van der Waals surface area (Å²) >= 11 is 0. The van der Waals surface area contributed by atoms with Gasteiger partial charge in [-0.15, -0.1) is 0 Å². The quantitative estimate of drug-likeness (QED) is 0.404. The van der Waals surface area contributed by atoms with Gasteiger partial charge in [0.25, 0.3) is 10.0 Å². The van der Waals surface area contributed by atoms with Crippen LogP contribution in [0.3, 0.4) is 0 Å². The fraction of sp³-hybridized carbons (Fsp3) is 0.280. The molecule has 1 fully saturated rings. The van der Waals surface area contributed by atoms with E-state index in [1.54, 1.807) is 18.2 Å². The molecule has 0 spiro atoms. The molecule has 0 atom stereocenters. The summed E-state index contributed by atoms with van der Waals surface area (Å²) in [5, 5.41) is 0.872. The molecule has 2 aromatic carbocycles. The normalized spacial score (nSPS) is 14.5. The minimum Gasteiger partial charge on any atom is -0.497 e. The number of anilines is 2. The first-order valence-electron chi connectivity index (χ1n) is 11.3. The van der Waals surface area contributed by atoms with E-state index in [2.05, 4.69) is 25.5 Å². The van der Waals surface area contributed by atoms with Crippen LogP contribution in [0.1, 0.15) is 42.9 Å². The summed E-state index contributed by atoms with van der Waals surface area (Å²) in [7, 11) is -2.25. The molecule has 5 rings (SSSR count). The lowest BCUT2D eigenvalue weighted by Gasteiger charge is -2.12.